The van der Waals surface area contributed by atoms with Gasteiger partial charge in [-0.2, -0.15) is 18.2 Å². The Kier molecular flexibility index (Phi) is 3.22. The first-order valence-corrected chi connectivity index (χ1v) is 5.27. The Bertz CT molecular complexity index is 440. The van der Waals surface area contributed by atoms with Gasteiger partial charge in [-0.15, -0.1) is 0 Å². The lowest BCUT2D eigenvalue weighted by Gasteiger charge is -2.20. The average Bonchev–Trinajstić information content (AvgIpc) is 2.29. The Labute approximate surface area is 96.9 Å². The fourth-order valence-electron chi connectivity index (χ4n) is 1.82. The first-order valence-electron chi connectivity index (χ1n) is 5.27. The fraction of sp³-hybridized carbons (Fsp3) is 0.333. The molecule has 1 aliphatic heterocycles. The molecule has 0 bridgehead atoms. The van der Waals surface area contributed by atoms with E-state index in [2.05, 4.69) is 0 Å². The van der Waals surface area contributed by atoms with Crippen molar-refractivity contribution in [3.63, 3.8) is 0 Å². The van der Waals surface area contributed by atoms with Crippen molar-refractivity contribution in [1.29, 1.82) is 0 Å². The quantitative estimate of drug-likeness (QED) is 0.818. The number of benzene rings is 1. The first-order chi connectivity index (χ1) is 7.97. The second kappa shape index (κ2) is 4.50. The van der Waals surface area contributed by atoms with Gasteiger partial charge < -0.3 is 5.21 Å². The molecule has 0 spiro atoms. The van der Waals surface area contributed by atoms with Gasteiger partial charge in [-0.3, -0.25) is 0 Å². The van der Waals surface area contributed by atoms with Gasteiger partial charge in [0.1, 0.15) is 0 Å². The van der Waals surface area contributed by atoms with Crippen molar-refractivity contribution in [3.05, 3.63) is 41.5 Å². The van der Waals surface area contributed by atoms with E-state index in [1.807, 2.05) is 0 Å². The summed E-state index contributed by atoms with van der Waals surface area (Å²) < 4.78 is 37.6. The average molecular weight is 243 g/mol. The van der Waals surface area contributed by atoms with Gasteiger partial charge in [0.05, 0.1) is 5.56 Å². The molecule has 0 aliphatic carbocycles. The fourth-order valence-corrected chi connectivity index (χ4v) is 1.82. The highest BCUT2D eigenvalue weighted by Gasteiger charge is 2.30. The van der Waals surface area contributed by atoms with Gasteiger partial charge in [0.25, 0.3) is 0 Å². The van der Waals surface area contributed by atoms with E-state index in [0.29, 0.717) is 25.1 Å². The van der Waals surface area contributed by atoms with Crippen LogP contribution in [0.1, 0.15) is 17.5 Å². The molecule has 92 valence electrons. The van der Waals surface area contributed by atoms with Crippen LogP contribution in [0.25, 0.3) is 5.57 Å². The molecule has 1 N–H and O–H groups in total. The maximum absolute atomic E-state index is 12.5. The van der Waals surface area contributed by atoms with Crippen molar-refractivity contribution in [3.8, 4) is 0 Å². The zero-order valence-corrected chi connectivity index (χ0v) is 9.04. The molecule has 0 saturated carbocycles. The van der Waals surface area contributed by atoms with Crippen molar-refractivity contribution in [2.24, 2.45) is 0 Å². The molecule has 0 saturated heterocycles. The third kappa shape index (κ3) is 2.87. The molecule has 0 atom stereocenters. The molecule has 0 amide bonds. The van der Waals surface area contributed by atoms with E-state index in [4.69, 9.17) is 5.21 Å². The Morgan fingerprint density at radius 3 is 2.59 bits per heavy atom. The van der Waals surface area contributed by atoms with Crippen LogP contribution < -0.4 is 0 Å². The number of hydrogen-bond donors (Lipinski definition) is 1. The zero-order valence-electron chi connectivity index (χ0n) is 9.04. The monoisotopic (exact) mass is 243 g/mol. The molecule has 2 rings (SSSR count). The largest absolute Gasteiger partial charge is 0.416 e. The maximum atomic E-state index is 12.5. The predicted molar refractivity (Wildman–Crippen MR) is 57.4 cm³/mol. The first kappa shape index (κ1) is 12.1. The number of nitrogens with zero attached hydrogens (tertiary/aromatic N) is 1. The molecular formula is C12H12F3NO. The van der Waals surface area contributed by atoms with Crippen molar-refractivity contribution >= 4 is 5.57 Å². The van der Waals surface area contributed by atoms with E-state index in [1.165, 1.54) is 6.07 Å². The van der Waals surface area contributed by atoms with E-state index in [0.717, 1.165) is 22.8 Å². The van der Waals surface area contributed by atoms with Crippen LogP contribution in [0.3, 0.4) is 0 Å². The van der Waals surface area contributed by atoms with Crippen LogP contribution >= 0.6 is 0 Å². The second-order valence-electron chi connectivity index (χ2n) is 3.97. The molecule has 1 aliphatic rings. The van der Waals surface area contributed by atoms with Gasteiger partial charge in [-0.1, -0.05) is 18.2 Å². The number of hydroxylamine groups is 2. The minimum atomic E-state index is -4.31. The summed E-state index contributed by atoms with van der Waals surface area (Å²) in [6.45, 7) is 0.799. The molecule has 2 nitrogen and oxygen atoms in total. The minimum absolute atomic E-state index is 0.353. The van der Waals surface area contributed by atoms with Crippen LogP contribution in [0.4, 0.5) is 13.2 Å². The standard InChI is InChI=1S/C12H12F3NO/c13-12(14,15)11-3-1-2-10(8-11)9-4-6-16(17)7-5-9/h1-4,8,17H,5-7H2. The Hall–Kier alpha value is -1.33. The lowest BCUT2D eigenvalue weighted by molar-refractivity contribution is -0.137. The molecule has 0 fully saturated rings. The van der Waals surface area contributed by atoms with Crippen LogP contribution in [0.5, 0.6) is 0 Å². The summed E-state index contributed by atoms with van der Waals surface area (Å²) in [5.41, 5.74) is 0.789. The number of halogens is 3. The number of alkyl halides is 3. The van der Waals surface area contributed by atoms with Crippen LogP contribution in [0, 0.1) is 0 Å². The minimum Gasteiger partial charge on any atom is -0.314 e. The van der Waals surface area contributed by atoms with Crippen molar-refractivity contribution < 1.29 is 18.4 Å². The molecule has 0 aromatic heterocycles. The van der Waals surface area contributed by atoms with E-state index in [-0.39, 0.29) is 0 Å². The summed E-state index contributed by atoms with van der Waals surface area (Å²) in [7, 11) is 0. The third-order valence-electron chi connectivity index (χ3n) is 2.75. The van der Waals surface area contributed by atoms with Gasteiger partial charge in [0.15, 0.2) is 0 Å². The van der Waals surface area contributed by atoms with Crippen LogP contribution in [0.15, 0.2) is 30.3 Å². The lowest BCUT2D eigenvalue weighted by atomic mass is 9.98. The van der Waals surface area contributed by atoms with Gasteiger partial charge >= 0.3 is 6.18 Å². The summed E-state index contributed by atoms with van der Waals surface area (Å²) in [5.74, 6) is 0. The van der Waals surface area contributed by atoms with Gasteiger partial charge in [0, 0.05) is 13.1 Å². The maximum Gasteiger partial charge on any atom is 0.416 e. The topological polar surface area (TPSA) is 23.5 Å². The van der Waals surface area contributed by atoms with E-state index in [1.54, 1.807) is 12.1 Å². The molecule has 1 aromatic rings. The smallest absolute Gasteiger partial charge is 0.314 e. The summed E-state index contributed by atoms with van der Waals surface area (Å²) in [6.07, 6.45) is -2.01. The molecule has 1 heterocycles. The van der Waals surface area contributed by atoms with Crippen molar-refractivity contribution in [1.82, 2.24) is 5.06 Å². The van der Waals surface area contributed by atoms with Gasteiger partial charge in [-0.25, -0.2) is 0 Å². The summed E-state index contributed by atoms with van der Waals surface area (Å²) in [4.78, 5) is 0. The van der Waals surface area contributed by atoms with Gasteiger partial charge in [-0.05, 0) is 29.7 Å². The highest BCUT2D eigenvalue weighted by molar-refractivity contribution is 5.67. The molecular weight excluding hydrogens is 231 g/mol. The summed E-state index contributed by atoms with van der Waals surface area (Å²) in [6, 6.07) is 5.28. The zero-order chi connectivity index (χ0) is 12.5. The normalized spacial score (nSPS) is 18.0. The van der Waals surface area contributed by atoms with E-state index < -0.39 is 11.7 Å². The molecule has 5 heteroatoms. The molecule has 1 aromatic carbocycles. The highest BCUT2D eigenvalue weighted by Crippen LogP contribution is 2.32. The molecule has 17 heavy (non-hydrogen) atoms. The van der Waals surface area contributed by atoms with Gasteiger partial charge in [0.2, 0.25) is 0 Å². The van der Waals surface area contributed by atoms with Crippen LogP contribution in [-0.4, -0.2) is 23.4 Å². The van der Waals surface area contributed by atoms with Crippen molar-refractivity contribution in [2.75, 3.05) is 13.1 Å². The predicted octanol–water partition coefficient (Wildman–Crippen LogP) is 3.18. The molecule has 0 unspecified atom stereocenters. The Morgan fingerprint density at radius 1 is 1.24 bits per heavy atom. The summed E-state index contributed by atoms with van der Waals surface area (Å²) in [5, 5.41) is 10.3. The third-order valence-corrected chi connectivity index (χ3v) is 2.75. The Morgan fingerprint density at radius 2 is 2.00 bits per heavy atom. The summed E-state index contributed by atoms with van der Waals surface area (Å²) >= 11 is 0. The Balaban J connectivity index is 2.28. The number of hydrogen-bond acceptors (Lipinski definition) is 2. The van der Waals surface area contributed by atoms with Crippen LogP contribution in [-0.2, 0) is 6.18 Å². The SMILES string of the molecule is ON1CC=C(c2cccc(C(F)(F)F)c2)CC1. The van der Waals surface area contributed by atoms with E-state index >= 15 is 0 Å². The van der Waals surface area contributed by atoms with Crippen LogP contribution in [0.2, 0.25) is 0 Å². The lowest BCUT2D eigenvalue weighted by Crippen LogP contribution is -2.24. The number of rotatable bonds is 1. The highest BCUT2D eigenvalue weighted by atomic mass is 19.4. The second-order valence-corrected chi connectivity index (χ2v) is 3.97. The van der Waals surface area contributed by atoms with E-state index in [9.17, 15) is 13.2 Å². The molecule has 0 radical (unpaired) electrons. The van der Waals surface area contributed by atoms with Crippen molar-refractivity contribution in [2.45, 2.75) is 12.6 Å².